The number of carbonyl (C=O) groups excluding carboxylic acids is 1. The lowest BCUT2D eigenvalue weighted by atomic mass is 10.1. The Morgan fingerprint density at radius 1 is 1.08 bits per heavy atom. The molecule has 4 heterocycles. The van der Waals surface area contributed by atoms with E-state index in [4.69, 9.17) is 9.94 Å². The summed E-state index contributed by atoms with van der Waals surface area (Å²) in [6, 6.07) is 10.6. The molecule has 0 saturated carbocycles. The first-order valence-corrected chi connectivity index (χ1v) is 12.1. The maximum atomic E-state index is 12.9. The number of hydrogen-bond donors (Lipinski definition) is 3. The van der Waals surface area contributed by atoms with Gasteiger partial charge in [0.25, 0.3) is 0 Å². The SMILES string of the molecule is Cc1ccc([C@@H]2CCON2C(=O)Nc2cccc(C#Cc3cnc(Nc4cnn(CCO)c4)nc3)c2)cn1. The van der Waals surface area contributed by atoms with Crippen molar-refractivity contribution in [2.75, 3.05) is 23.8 Å². The van der Waals surface area contributed by atoms with Gasteiger partial charge in [0.15, 0.2) is 0 Å². The molecule has 192 valence electrons. The van der Waals surface area contributed by atoms with Crippen molar-refractivity contribution in [3.63, 3.8) is 0 Å². The second kappa shape index (κ2) is 11.5. The maximum absolute atomic E-state index is 12.9. The van der Waals surface area contributed by atoms with Crippen molar-refractivity contribution in [3.05, 3.63) is 89.8 Å². The van der Waals surface area contributed by atoms with Gasteiger partial charge in [-0.1, -0.05) is 24.0 Å². The highest BCUT2D eigenvalue weighted by molar-refractivity contribution is 5.89. The molecular weight excluding hydrogens is 484 g/mol. The second-order valence-corrected chi connectivity index (χ2v) is 8.59. The Balaban J connectivity index is 1.21. The molecule has 1 atom stereocenters. The lowest BCUT2D eigenvalue weighted by molar-refractivity contribution is -0.0830. The normalized spacial score (nSPS) is 14.6. The van der Waals surface area contributed by atoms with Crippen molar-refractivity contribution in [3.8, 4) is 11.8 Å². The molecule has 4 aromatic rings. The number of aliphatic hydroxyl groups is 1. The van der Waals surface area contributed by atoms with E-state index in [-0.39, 0.29) is 18.7 Å². The summed E-state index contributed by atoms with van der Waals surface area (Å²) in [6.07, 6.45) is 9.12. The van der Waals surface area contributed by atoms with Crippen molar-refractivity contribution >= 4 is 23.4 Å². The number of amides is 2. The van der Waals surface area contributed by atoms with Crippen LogP contribution in [0.25, 0.3) is 0 Å². The Labute approximate surface area is 219 Å². The van der Waals surface area contributed by atoms with E-state index in [0.29, 0.717) is 36.8 Å². The van der Waals surface area contributed by atoms with Gasteiger partial charge in [-0.2, -0.15) is 10.2 Å². The zero-order valence-corrected chi connectivity index (χ0v) is 20.7. The van der Waals surface area contributed by atoms with E-state index in [2.05, 4.69) is 42.5 Å². The van der Waals surface area contributed by atoms with E-state index in [1.807, 2.05) is 31.2 Å². The van der Waals surface area contributed by atoms with Crippen LogP contribution in [-0.4, -0.2) is 54.1 Å². The quantitative estimate of drug-likeness (QED) is 0.337. The maximum Gasteiger partial charge on any atom is 0.346 e. The average molecular weight is 511 g/mol. The standard InChI is InChI=1S/C27H26N8O3/c1-19-5-8-22(16-28-19)25-9-12-38-35(25)27(37)33-23-4-2-3-20(13-23)6-7-21-14-29-26(30-15-21)32-24-17-31-34(18-24)10-11-36/h2-5,8,13-18,25,36H,9-12H2,1H3,(H,33,37)(H,29,30,32)/t25-/m0/s1. The smallest absolute Gasteiger partial charge is 0.346 e. The summed E-state index contributed by atoms with van der Waals surface area (Å²) in [5, 5.41) is 20.4. The summed E-state index contributed by atoms with van der Waals surface area (Å²) in [5.41, 5.74) is 4.55. The molecule has 3 aromatic heterocycles. The third kappa shape index (κ3) is 6.12. The van der Waals surface area contributed by atoms with Crippen LogP contribution in [0.1, 0.15) is 34.8 Å². The van der Waals surface area contributed by atoms with E-state index in [1.165, 1.54) is 5.06 Å². The third-order valence-electron chi connectivity index (χ3n) is 5.76. The first-order valence-electron chi connectivity index (χ1n) is 12.1. The van der Waals surface area contributed by atoms with E-state index >= 15 is 0 Å². The Hall–Kier alpha value is -4.79. The molecule has 0 spiro atoms. The molecule has 1 aliphatic heterocycles. The van der Waals surface area contributed by atoms with Crippen molar-refractivity contribution in [2.45, 2.75) is 25.9 Å². The fourth-order valence-electron chi connectivity index (χ4n) is 3.89. The molecular formula is C27H26N8O3. The van der Waals surface area contributed by atoms with Crippen LogP contribution in [-0.2, 0) is 11.4 Å². The highest BCUT2D eigenvalue weighted by Gasteiger charge is 2.32. The summed E-state index contributed by atoms with van der Waals surface area (Å²) < 4.78 is 1.62. The summed E-state index contributed by atoms with van der Waals surface area (Å²) in [7, 11) is 0. The van der Waals surface area contributed by atoms with Gasteiger partial charge in [0.05, 0.1) is 43.2 Å². The minimum Gasteiger partial charge on any atom is -0.394 e. The highest BCUT2D eigenvalue weighted by Crippen LogP contribution is 2.30. The van der Waals surface area contributed by atoms with Crippen LogP contribution in [0.5, 0.6) is 0 Å². The fourth-order valence-corrected chi connectivity index (χ4v) is 3.89. The molecule has 0 radical (unpaired) electrons. The topological polar surface area (TPSA) is 130 Å². The minimum atomic E-state index is -0.350. The molecule has 11 heteroatoms. The van der Waals surface area contributed by atoms with Crippen LogP contribution in [0.2, 0.25) is 0 Å². The van der Waals surface area contributed by atoms with Crippen molar-refractivity contribution in [1.82, 2.24) is 29.8 Å². The number of benzene rings is 1. The van der Waals surface area contributed by atoms with E-state index in [0.717, 1.165) is 22.5 Å². The molecule has 1 aliphatic rings. The molecule has 1 aromatic carbocycles. The second-order valence-electron chi connectivity index (χ2n) is 8.59. The van der Waals surface area contributed by atoms with E-state index < -0.39 is 0 Å². The number of urea groups is 1. The molecule has 0 bridgehead atoms. The largest absolute Gasteiger partial charge is 0.394 e. The summed E-state index contributed by atoms with van der Waals surface area (Å²) in [5.74, 6) is 6.53. The molecule has 0 aliphatic carbocycles. The Morgan fingerprint density at radius 3 is 2.71 bits per heavy atom. The fraction of sp³-hybridized carbons (Fsp3) is 0.222. The lowest BCUT2D eigenvalue weighted by Crippen LogP contribution is -2.33. The van der Waals surface area contributed by atoms with Crippen LogP contribution in [0, 0.1) is 18.8 Å². The van der Waals surface area contributed by atoms with Crippen molar-refractivity contribution < 1.29 is 14.7 Å². The number of carbonyl (C=O) groups is 1. The zero-order valence-electron chi connectivity index (χ0n) is 20.7. The van der Waals surface area contributed by atoms with Gasteiger partial charge in [-0.3, -0.25) is 14.5 Å². The van der Waals surface area contributed by atoms with Gasteiger partial charge in [-0.15, -0.1) is 0 Å². The molecule has 1 fully saturated rings. The zero-order chi connectivity index (χ0) is 26.3. The molecule has 0 unspecified atom stereocenters. The van der Waals surface area contributed by atoms with Crippen molar-refractivity contribution in [1.29, 1.82) is 0 Å². The molecule has 5 rings (SSSR count). The van der Waals surface area contributed by atoms with E-state index in [1.54, 1.807) is 47.8 Å². The number of pyridine rings is 1. The molecule has 1 saturated heterocycles. The number of aromatic nitrogens is 5. The Morgan fingerprint density at radius 2 is 1.92 bits per heavy atom. The number of aliphatic hydroxyl groups excluding tert-OH is 1. The van der Waals surface area contributed by atoms with Crippen molar-refractivity contribution in [2.24, 2.45) is 0 Å². The van der Waals surface area contributed by atoms with Crippen LogP contribution >= 0.6 is 0 Å². The summed E-state index contributed by atoms with van der Waals surface area (Å²) >= 11 is 0. The monoisotopic (exact) mass is 510 g/mol. The average Bonchev–Trinajstić information content (AvgIpc) is 3.59. The van der Waals surface area contributed by atoms with E-state index in [9.17, 15) is 4.79 Å². The number of nitrogens with one attached hydrogen (secondary N) is 2. The third-order valence-corrected chi connectivity index (χ3v) is 5.76. The van der Waals surface area contributed by atoms with Gasteiger partial charge < -0.3 is 15.7 Å². The summed E-state index contributed by atoms with van der Waals surface area (Å²) in [4.78, 5) is 31.5. The number of nitrogens with zero attached hydrogens (tertiary/aromatic N) is 6. The lowest BCUT2D eigenvalue weighted by Gasteiger charge is -2.23. The van der Waals surface area contributed by atoms with Crippen LogP contribution in [0.4, 0.5) is 22.1 Å². The number of aryl methyl sites for hydroxylation is 1. The van der Waals surface area contributed by atoms with Gasteiger partial charge >= 0.3 is 6.03 Å². The van der Waals surface area contributed by atoms with Gasteiger partial charge in [-0.25, -0.2) is 14.8 Å². The molecule has 2 amide bonds. The first kappa shape index (κ1) is 24.9. The number of anilines is 3. The van der Waals surface area contributed by atoms with Gasteiger partial charge in [0, 0.05) is 48.2 Å². The van der Waals surface area contributed by atoms with Gasteiger partial charge in [0.1, 0.15) is 0 Å². The highest BCUT2D eigenvalue weighted by atomic mass is 16.7. The Kier molecular flexibility index (Phi) is 7.54. The first-order chi connectivity index (χ1) is 18.6. The number of rotatable bonds is 6. The predicted molar refractivity (Wildman–Crippen MR) is 140 cm³/mol. The molecule has 11 nitrogen and oxygen atoms in total. The predicted octanol–water partition coefficient (Wildman–Crippen LogP) is 3.42. The molecule has 3 N–H and O–H groups in total. The van der Waals surface area contributed by atoms with Gasteiger partial charge in [0.2, 0.25) is 5.95 Å². The van der Waals surface area contributed by atoms with Crippen LogP contribution in [0.15, 0.2) is 67.4 Å². The summed E-state index contributed by atoms with van der Waals surface area (Å²) in [6.45, 7) is 2.81. The van der Waals surface area contributed by atoms with Crippen LogP contribution in [0.3, 0.4) is 0 Å². The van der Waals surface area contributed by atoms with Gasteiger partial charge in [-0.05, 0) is 36.8 Å². The Bertz CT molecular complexity index is 1460. The number of hydrogen-bond acceptors (Lipinski definition) is 8. The minimum absolute atomic E-state index is 0.0134. The number of hydroxylamine groups is 2. The molecule has 38 heavy (non-hydrogen) atoms. The van der Waals surface area contributed by atoms with Crippen LogP contribution < -0.4 is 10.6 Å².